The Labute approximate surface area is 145 Å². The summed E-state index contributed by atoms with van der Waals surface area (Å²) >= 11 is 0. The van der Waals surface area contributed by atoms with Gasteiger partial charge in [-0.1, -0.05) is 30.3 Å². The smallest absolute Gasteiger partial charge is 0.256 e. The summed E-state index contributed by atoms with van der Waals surface area (Å²) in [4.78, 5) is 27.7. The standard InChI is InChI=1S/C18H16N2O4S/c21-17-14-10-13(25(23)24)6-7-16(14)20-11-15(17)18(22)19-9-8-12-4-2-1-3-5-12/h1-7,10-11,25H,8-9H2,(H,19,22)(H,20,21). The van der Waals surface area contributed by atoms with Gasteiger partial charge in [-0.25, -0.2) is 8.42 Å². The summed E-state index contributed by atoms with van der Waals surface area (Å²) in [6, 6.07) is 13.9. The van der Waals surface area contributed by atoms with E-state index in [1.54, 1.807) is 0 Å². The van der Waals surface area contributed by atoms with Crippen LogP contribution in [0.15, 0.2) is 64.4 Å². The molecule has 1 heterocycles. The Hall–Kier alpha value is -2.93. The quantitative estimate of drug-likeness (QED) is 0.603. The molecule has 6 nitrogen and oxygen atoms in total. The Morgan fingerprint density at radius 3 is 2.56 bits per heavy atom. The van der Waals surface area contributed by atoms with Crippen LogP contribution in [-0.2, 0) is 17.1 Å². The lowest BCUT2D eigenvalue weighted by Crippen LogP contribution is -2.30. The van der Waals surface area contributed by atoms with Crippen molar-refractivity contribution in [2.24, 2.45) is 0 Å². The van der Waals surface area contributed by atoms with Gasteiger partial charge in [-0.2, -0.15) is 0 Å². The average molecular weight is 356 g/mol. The maximum absolute atomic E-state index is 12.5. The van der Waals surface area contributed by atoms with Gasteiger partial charge in [-0.3, -0.25) is 9.59 Å². The molecule has 128 valence electrons. The molecular weight excluding hydrogens is 340 g/mol. The van der Waals surface area contributed by atoms with Crippen molar-refractivity contribution in [3.63, 3.8) is 0 Å². The second-order valence-electron chi connectivity index (χ2n) is 5.51. The van der Waals surface area contributed by atoms with Crippen LogP contribution in [0.4, 0.5) is 0 Å². The zero-order chi connectivity index (χ0) is 17.8. The molecule has 3 rings (SSSR count). The van der Waals surface area contributed by atoms with Crippen LogP contribution in [0.25, 0.3) is 10.9 Å². The van der Waals surface area contributed by atoms with Crippen molar-refractivity contribution in [1.82, 2.24) is 10.3 Å². The lowest BCUT2D eigenvalue weighted by Gasteiger charge is -2.06. The van der Waals surface area contributed by atoms with Crippen LogP contribution in [0.5, 0.6) is 0 Å². The van der Waals surface area contributed by atoms with E-state index in [2.05, 4.69) is 10.3 Å². The van der Waals surface area contributed by atoms with Crippen molar-refractivity contribution in [3.8, 4) is 0 Å². The number of pyridine rings is 1. The molecule has 1 amide bonds. The molecule has 25 heavy (non-hydrogen) atoms. The minimum Gasteiger partial charge on any atom is -0.360 e. The number of carbonyl (C=O) groups is 1. The van der Waals surface area contributed by atoms with Crippen LogP contribution in [0, 0.1) is 0 Å². The van der Waals surface area contributed by atoms with Crippen molar-refractivity contribution in [3.05, 3.63) is 76.1 Å². The summed E-state index contributed by atoms with van der Waals surface area (Å²) in [6.07, 6.45) is 2.00. The first kappa shape index (κ1) is 16.9. The third-order valence-corrected chi connectivity index (χ3v) is 4.56. The van der Waals surface area contributed by atoms with Crippen LogP contribution in [0.3, 0.4) is 0 Å². The Morgan fingerprint density at radius 1 is 1.08 bits per heavy atom. The molecule has 0 aliphatic carbocycles. The van der Waals surface area contributed by atoms with Gasteiger partial charge in [0.25, 0.3) is 5.91 Å². The van der Waals surface area contributed by atoms with E-state index in [1.165, 1.54) is 24.4 Å². The fraction of sp³-hybridized carbons (Fsp3) is 0.111. The molecule has 7 heteroatoms. The van der Waals surface area contributed by atoms with E-state index in [0.717, 1.165) is 5.56 Å². The van der Waals surface area contributed by atoms with Gasteiger partial charge in [0.15, 0.2) is 10.7 Å². The summed E-state index contributed by atoms with van der Waals surface area (Å²) in [5.74, 6) is -0.490. The number of nitrogens with one attached hydrogen (secondary N) is 2. The van der Waals surface area contributed by atoms with Crippen molar-refractivity contribution in [2.75, 3.05) is 6.54 Å². The second kappa shape index (κ2) is 7.31. The number of carbonyl (C=O) groups excluding carboxylic acids is 1. The van der Waals surface area contributed by atoms with Gasteiger partial charge in [0, 0.05) is 23.6 Å². The monoisotopic (exact) mass is 356 g/mol. The number of rotatable bonds is 5. The van der Waals surface area contributed by atoms with Crippen LogP contribution >= 0.6 is 0 Å². The summed E-state index contributed by atoms with van der Waals surface area (Å²) in [6.45, 7) is 0.396. The maximum Gasteiger partial charge on any atom is 0.256 e. The zero-order valence-corrected chi connectivity index (χ0v) is 14.1. The van der Waals surface area contributed by atoms with E-state index in [1.807, 2.05) is 30.3 Å². The molecule has 2 N–H and O–H groups in total. The molecule has 0 saturated carbocycles. The van der Waals surface area contributed by atoms with Crippen LogP contribution in [0.2, 0.25) is 0 Å². The number of fused-ring (bicyclic) bond motifs is 1. The molecule has 0 fully saturated rings. The zero-order valence-electron chi connectivity index (χ0n) is 13.2. The summed E-state index contributed by atoms with van der Waals surface area (Å²) in [5, 5.41) is 2.89. The minimum absolute atomic E-state index is 0.0367. The summed E-state index contributed by atoms with van der Waals surface area (Å²) in [7, 11) is -2.79. The highest BCUT2D eigenvalue weighted by Crippen LogP contribution is 2.12. The van der Waals surface area contributed by atoms with E-state index in [-0.39, 0.29) is 15.8 Å². The minimum atomic E-state index is -2.79. The SMILES string of the molecule is O=C(NCCc1ccccc1)c1c[nH]c2ccc([SH](=O)=O)cc2c1=O. The van der Waals surface area contributed by atoms with Crippen LogP contribution < -0.4 is 10.7 Å². The van der Waals surface area contributed by atoms with Crippen molar-refractivity contribution in [1.29, 1.82) is 0 Å². The molecule has 1 aromatic heterocycles. The Bertz CT molecular complexity index is 1050. The van der Waals surface area contributed by atoms with Gasteiger partial charge in [0.2, 0.25) is 5.43 Å². The fourth-order valence-corrected chi connectivity index (χ4v) is 2.98. The molecule has 2 aromatic carbocycles. The molecule has 0 spiro atoms. The summed E-state index contributed by atoms with van der Waals surface area (Å²) in [5.41, 5.74) is 1.02. The van der Waals surface area contributed by atoms with Crippen LogP contribution in [-0.4, -0.2) is 25.9 Å². The lowest BCUT2D eigenvalue weighted by molar-refractivity contribution is 0.0953. The second-order valence-corrected chi connectivity index (χ2v) is 6.54. The number of hydrogen-bond acceptors (Lipinski definition) is 4. The topological polar surface area (TPSA) is 96.1 Å². The number of hydrogen-bond donors (Lipinski definition) is 3. The Kier molecular flexibility index (Phi) is 4.95. The van der Waals surface area contributed by atoms with E-state index in [0.29, 0.717) is 18.5 Å². The fourth-order valence-electron chi connectivity index (χ4n) is 2.55. The molecule has 0 unspecified atom stereocenters. The molecule has 0 bridgehead atoms. The number of benzene rings is 2. The highest BCUT2D eigenvalue weighted by molar-refractivity contribution is 7.72. The van der Waals surface area contributed by atoms with E-state index in [9.17, 15) is 18.0 Å². The number of aromatic nitrogens is 1. The number of aromatic amines is 1. The first-order chi connectivity index (χ1) is 12.1. The van der Waals surface area contributed by atoms with Crippen molar-refractivity contribution < 1.29 is 13.2 Å². The van der Waals surface area contributed by atoms with E-state index >= 15 is 0 Å². The van der Waals surface area contributed by atoms with Gasteiger partial charge >= 0.3 is 0 Å². The molecule has 0 radical (unpaired) electrons. The molecule has 0 aliphatic heterocycles. The number of thiol groups is 1. The Balaban J connectivity index is 1.81. The molecule has 0 aliphatic rings. The Morgan fingerprint density at radius 2 is 1.84 bits per heavy atom. The molecule has 0 atom stereocenters. The normalized spacial score (nSPS) is 10.9. The first-order valence-electron chi connectivity index (χ1n) is 7.68. The molecule has 3 aromatic rings. The predicted molar refractivity (Wildman–Crippen MR) is 95.6 cm³/mol. The van der Waals surface area contributed by atoms with Gasteiger partial charge in [-0.05, 0) is 30.2 Å². The van der Waals surface area contributed by atoms with Gasteiger partial charge in [0.1, 0.15) is 5.56 Å². The summed E-state index contributed by atoms with van der Waals surface area (Å²) < 4.78 is 22.2. The third-order valence-electron chi connectivity index (χ3n) is 3.86. The van der Waals surface area contributed by atoms with Crippen molar-refractivity contribution in [2.45, 2.75) is 11.3 Å². The molecular formula is C18H16N2O4S. The highest BCUT2D eigenvalue weighted by Gasteiger charge is 2.13. The lowest BCUT2D eigenvalue weighted by atomic mass is 10.1. The van der Waals surface area contributed by atoms with Gasteiger partial charge < -0.3 is 10.3 Å². The molecule has 0 saturated heterocycles. The van der Waals surface area contributed by atoms with Crippen LogP contribution in [0.1, 0.15) is 15.9 Å². The third kappa shape index (κ3) is 3.77. The van der Waals surface area contributed by atoms with Crippen molar-refractivity contribution >= 4 is 27.5 Å². The first-order valence-corrected chi connectivity index (χ1v) is 8.86. The van der Waals surface area contributed by atoms with Gasteiger partial charge in [0.05, 0.1) is 4.90 Å². The van der Waals surface area contributed by atoms with Gasteiger partial charge in [-0.15, -0.1) is 0 Å². The van der Waals surface area contributed by atoms with E-state index in [4.69, 9.17) is 0 Å². The maximum atomic E-state index is 12.5. The predicted octanol–water partition coefficient (Wildman–Crippen LogP) is 1.47. The average Bonchev–Trinajstić information content (AvgIpc) is 2.62. The van der Waals surface area contributed by atoms with E-state index < -0.39 is 22.0 Å². The highest BCUT2D eigenvalue weighted by atomic mass is 32.2. The number of H-pyrrole nitrogens is 1. The number of amides is 1. The largest absolute Gasteiger partial charge is 0.360 e.